The molecule has 3 aromatic rings. The fourth-order valence-electron chi connectivity index (χ4n) is 5.39. The van der Waals surface area contributed by atoms with Crippen LogP contribution in [0, 0.1) is 23.7 Å². The van der Waals surface area contributed by atoms with Gasteiger partial charge in [0.1, 0.15) is 12.4 Å². The summed E-state index contributed by atoms with van der Waals surface area (Å²) in [5, 5.41) is 8.11. The lowest BCUT2D eigenvalue weighted by molar-refractivity contribution is -0.140. The van der Waals surface area contributed by atoms with Crippen LogP contribution in [0.3, 0.4) is 0 Å². The minimum Gasteiger partial charge on any atom is -0.488 e. The van der Waals surface area contributed by atoms with E-state index in [0.29, 0.717) is 17.4 Å². The van der Waals surface area contributed by atoms with Crippen molar-refractivity contribution in [3.8, 4) is 5.75 Å². The van der Waals surface area contributed by atoms with Crippen LogP contribution in [-0.4, -0.2) is 23.0 Å². The first-order valence-corrected chi connectivity index (χ1v) is 11.5. The Labute approximate surface area is 196 Å². The van der Waals surface area contributed by atoms with E-state index in [9.17, 15) is 9.59 Å². The van der Waals surface area contributed by atoms with E-state index in [1.807, 2.05) is 60.7 Å². The first-order valence-electron chi connectivity index (χ1n) is 11.1. The van der Waals surface area contributed by atoms with Crippen molar-refractivity contribution in [1.29, 1.82) is 0 Å². The number of rotatable bonds is 5. The molecule has 2 aliphatic carbocycles. The largest absolute Gasteiger partial charge is 0.488 e. The van der Waals surface area contributed by atoms with Gasteiger partial charge in [-0.1, -0.05) is 66.2 Å². The molecule has 6 rings (SSSR count). The zero-order chi connectivity index (χ0) is 22.5. The summed E-state index contributed by atoms with van der Waals surface area (Å²) in [4.78, 5) is 26.0. The van der Waals surface area contributed by atoms with Gasteiger partial charge < -0.3 is 4.74 Å². The molecule has 2 fully saturated rings. The van der Waals surface area contributed by atoms with Crippen molar-refractivity contribution in [3.05, 3.63) is 89.0 Å². The molecular weight excluding hydrogens is 436 g/mol. The maximum absolute atomic E-state index is 13.0. The number of amides is 2. The Morgan fingerprint density at radius 1 is 0.939 bits per heavy atom. The normalized spacial score (nSPS) is 25.5. The molecule has 1 heterocycles. The molecule has 4 atom stereocenters. The van der Waals surface area contributed by atoms with Crippen LogP contribution in [0.4, 0.5) is 0 Å². The molecule has 3 aromatic carbocycles. The highest BCUT2D eigenvalue weighted by Gasteiger charge is 2.59. The van der Waals surface area contributed by atoms with E-state index < -0.39 is 0 Å². The molecule has 6 heteroatoms. The minimum atomic E-state index is -0.266. The van der Waals surface area contributed by atoms with Crippen LogP contribution in [-0.2, 0) is 16.2 Å². The summed E-state index contributed by atoms with van der Waals surface area (Å²) < 4.78 is 6.13. The number of carbonyl (C=O) groups is 2. The summed E-state index contributed by atoms with van der Waals surface area (Å²) in [7, 11) is 0. The highest BCUT2D eigenvalue weighted by Crippen LogP contribution is 2.52. The quantitative estimate of drug-likeness (QED) is 0.300. The number of hydrogen-bond acceptors (Lipinski definition) is 4. The maximum Gasteiger partial charge on any atom is 0.254 e. The molecule has 0 spiro atoms. The van der Waals surface area contributed by atoms with Gasteiger partial charge in [0.05, 0.1) is 18.1 Å². The molecule has 1 saturated carbocycles. The number of hydrogen-bond donors (Lipinski definition) is 0. The van der Waals surface area contributed by atoms with Gasteiger partial charge in [-0.25, -0.2) is 0 Å². The van der Waals surface area contributed by atoms with E-state index in [1.165, 1.54) is 0 Å². The Hall–Kier alpha value is -3.44. The monoisotopic (exact) mass is 456 g/mol. The van der Waals surface area contributed by atoms with Crippen LogP contribution in [0.5, 0.6) is 5.75 Å². The molecule has 1 saturated heterocycles. The number of allylic oxidation sites excluding steroid dienone is 2. The van der Waals surface area contributed by atoms with Crippen LogP contribution in [0.25, 0.3) is 10.8 Å². The molecule has 164 valence electrons. The zero-order valence-electron chi connectivity index (χ0n) is 17.7. The van der Waals surface area contributed by atoms with Crippen molar-refractivity contribution >= 4 is 40.4 Å². The highest BCUT2D eigenvalue weighted by molar-refractivity contribution is 6.30. The number of ether oxygens (including phenoxy) is 1. The van der Waals surface area contributed by atoms with E-state index in [1.54, 1.807) is 6.21 Å². The Morgan fingerprint density at radius 3 is 2.36 bits per heavy atom. The third-order valence-corrected chi connectivity index (χ3v) is 7.24. The Bertz CT molecular complexity index is 1300. The third-order valence-electron chi connectivity index (χ3n) is 6.99. The second kappa shape index (κ2) is 7.85. The molecule has 1 aliphatic heterocycles. The van der Waals surface area contributed by atoms with Crippen LogP contribution >= 0.6 is 11.6 Å². The Kier molecular flexibility index (Phi) is 4.80. The second-order valence-electron chi connectivity index (χ2n) is 8.85. The van der Waals surface area contributed by atoms with Gasteiger partial charge in [-0.15, -0.1) is 0 Å². The SMILES string of the molecule is O=C1[C@@H]2[C@@H](C(=O)N1/N=C\c1c(OCc3ccc(Cl)cc3)ccc3ccccc13)[C@H]1C=C[C@@H]2C1. The van der Waals surface area contributed by atoms with Gasteiger partial charge in [0, 0.05) is 10.6 Å². The summed E-state index contributed by atoms with van der Waals surface area (Å²) in [5.41, 5.74) is 1.72. The van der Waals surface area contributed by atoms with Gasteiger partial charge in [0.25, 0.3) is 11.8 Å². The van der Waals surface area contributed by atoms with Crippen molar-refractivity contribution in [2.75, 3.05) is 0 Å². The Morgan fingerprint density at radius 2 is 1.64 bits per heavy atom. The zero-order valence-corrected chi connectivity index (χ0v) is 18.5. The van der Waals surface area contributed by atoms with Crippen molar-refractivity contribution in [2.24, 2.45) is 28.8 Å². The lowest BCUT2D eigenvalue weighted by Gasteiger charge is -2.14. The fraction of sp³-hybridized carbons (Fsp3) is 0.222. The number of imide groups is 1. The summed E-state index contributed by atoms with van der Waals surface area (Å²) in [6.45, 7) is 0.358. The molecule has 0 aromatic heterocycles. The summed E-state index contributed by atoms with van der Waals surface area (Å²) in [6.07, 6.45) is 6.65. The lowest BCUT2D eigenvalue weighted by Crippen LogP contribution is -2.28. The molecule has 0 unspecified atom stereocenters. The topological polar surface area (TPSA) is 59.0 Å². The lowest BCUT2D eigenvalue weighted by atomic mass is 9.85. The molecule has 3 aliphatic rings. The summed E-state index contributed by atoms with van der Waals surface area (Å²) in [6, 6.07) is 19.3. The van der Waals surface area contributed by atoms with Crippen LogP contribution in [0.1, 0.15) is 17.5 Å². The van der Waals surface area contributed by atoms with Gasteiger partial charge in [0.15, 0.2) is 0 Å². The van der Waals surface area contributed by atoms with Crippen molar-refractivity contribution in [1.82, 2.24) is 5.01 Å². The predicted molar refractivity (Wildman–Crippen MR) is 127 cm³/mol. The third kappa shape index (κ3) is 3.35. The average molecular weight is 457 g/mol. The van der Waals surface area contributed by atoms with Gasteiger partial charge in [-0.3, -0.25) is 9.59 Å². The van der Waals surface area contributed by atoms with Gasteiger partial charge >= 0.3 is 0 Å². The first-order chi connectivity index (χ1) is 16.1. The number of nitrogens with zero attached hydrogens (tertiary/aromatic N) is 2. The van der Waals surface area contributed by atoms with Crippen molar-refractivity contribution in [2.45, 2.75) is 13.0 Å². The molecule has 2 bridgehead atoms. The number of halogens is 1. The minimum absolute atomic E-state index is 0.160. The van der Waals surface area contributed by atoms with E-state index in [-0.39, 0.29) is 35.5 Å². The molecular formula is C27H21ClN2O3. The van der Waals surface area contributed by atoms with Crippen LogP contribution < -0.4 is 4.74 Å². The molecule has 2 amide bonds. The average Bonchev–Trinajstić information content (AvgIpc) is 3.52. The van der Waals surface area contributed by atoms with Crippen molar-refractivity contribution in [3.63, 3.8) is 0 Å². The number of benzene rings is 3. The Balaban J connectivity index is 1.32. The molecule has 33 heavy (non-hydrogen) atoms. The molecule has 0 radical (unpaired) electrons. The molecule has 5 nitrogen and oxygen atoms in total. The predicted octanol–water partition coefficient (Wildman–Crippen LogP) is 5.21. The summed E-state index contributed by atoms with van der Waals surface area (Å²) >= 11 is 5.98. The van der Waals surface area contributed by atoms with E-state index >= 15 is 0 Å². The van der Waals surface area contributed by atoms with E-state index in [2.05, 4.69) is 17.3 Å². The second-order valence-corrected chi connectivity index (χ2v) is 9.28. The van der Waals surface area contributed by atoms with Crippen LogP contribution in [0.15, 0.2) is 77.9 Å². The smallest absolute Gasteiger partial charge is 0.254 e. The van der Waals surface area contributed by atoms with Crippen LogP contribution in [0.2, 0.25) is 5.02 Å². The van der Waals surface area contributed by atoms with E-state index in [0.717, 1.165) is 33.3 Å². The van der Waals surface area contributed by atoms with Gasteiger partial charge in [-0.05, 0) is 52.8 Å². The summed E-state index contributed by atoms with van der Waals surface area (Å²) in [5.74, 6) is 0.0351. The first kappa shape index (κ1) is 20.2. The van der Waals surface area contributed by atoms with Crippen molar-refractivity contribution < 1.29 is 14.3 Å². The van der Waals surface area contributed by atoms with E-state index in [4.69, 9.17) is 16.3 Å². The maximum atomic E-state index is 13.0. The number of carbonyl (C=O) groups excluding carboxylic acids is 2. The number of hydrazone groups is 1. The molecule has 0 N–H and O–H groups in total. The standard InChI is InChI=1S/C27H21ClN2O3/c28-20-10-5-16(6-11-20)15-33-23-12-9-17-3-1-2-4-21(17)22(23)14-29-30-26(31)24-18-7-8-19(13-18)25(24)27(30)32/h1-12,14,18-19,24-25H,13,15H2/b29-14-/t18-,19+,24-,25-/m0/s1. The fourth-order valence-corrected chi connectivity index (χ4v) is 5.52. The number of fused-ring (bicyclic) bond motifs is 6. The van der Waals surface area contributed by atoms with Gasteiger partial charge in [0.2, 0.25) is 0 Å². The van der Waals surface area contributed by atoms with Gasteiger partial charge in [-0.2, -0.15) is 10.1 Å². The highest BCUT2D eigenvalue weighted by atomic mass is 35.5.